The molecule has 6 nitrogen and oxygen atoms in total. The maximum Gasteiger partial charge on any atom is 0.306 e. The van der Waals surface area contributed by atoms with Crippen LogP contribution >= 0.6 is 0 Å². The first-order valence-electron chi connectivity index (χ1n) is 35.7. The van der Waals surface area contributed by atoms with E-state index in [0.717, 1.165) is 57.8 Å². The van der Waals surface area contributed by atoms with Gasteiger partial charge in [0.05, 0.1) is 0 Å². The molecule has 0 heterocycles. The van der Waals surface area contributed by atoms with Gasteiger partial charge in [0.25, 0.3) is 0 Å². The molecule has 0 bridgehead atoms. The number of ether oxygens (including phenoxy) is 3. The zero-order chi connectivity index (χ0) is 56.4. The fourth-order valence-corrected chi connectivity index (χ4v) is 11.2. The van der Waals surface area contributed by atoms with Crippen molar-refractivity contribution in [3.63, 3.8) is 0 Å². The zero-order valence-corrected chi connectivity index (χ0v) is 53.2. The Labute approximate surface area is 488 Å². The Hall–Kier alpha value is -1.85. The van der Waals surface area contributed by atoms with E-state index in [-0.39, 0.29) is 31.1 Å². The molecule has 78 heavy (non-hydrogen) atoms. The van der Waals surface area contributed by atoms with Crippen molar-refractivity contribution in [3.05, 3.63) is 12.2 Å². The average molecular weight is 1100 g/mol. The summed E-state index contributed by atoms with van der Waals surface area (Å²) in [5.74, 6) is -0.827. The highest BCUT2D eigenvalue weighted by molar-refractivity contribution is 5.71. The number of esters is 3. The lowest BCUT2D eigenvalue weighted by Gasteiger charge is -2.18. The van der Waals surface area contributed by atoms with Gasteiger partial charge in [-0.3, -0.25) is 14.4 Å². The molecule has 0 aromatic carbocycles. The summed E-state index contributed by atoms with van der Waals surface area (Å²) in [6.07, 6.45) is 80.9. The molecule has 1 atom stereocenters. The topological polar surface area (TPSA) is 78.9 Å². The van der Waals surface area contributed by atoms with Crippen LogP contribution in [0.5, 0.6) is 0 Å². The summed E-state index contributed by atoms with van der Waals surface area (Å²) < 4.78 is 17.0. The number of unbranched alkanes of at least 4 members (excludes halogenated alkanes) is 54. The second kappa shape index (κ2) is 67.7. The average Bonchev–Trinajstić information content (AvgIpc) is 3.44. The first kappa shape index (κ1) is 76.1. The monoisotopic (exact) mass is 1100 g/mol. The highest BCUT2D eigenvalue weighted by Crippen LogP contribution is 2.19. The summed E-state index contributed by atoms with van der Waals surface area (Å²) in [6, 6.07) is 0. The highest BCUT2D eigenvalue weighted by atomic mass is 16.6. The standard InChI is InChI=1S/C72H138O6/c1-4-7-10-13-16-19-22-25-28-31-34-35-36-39-41-44-47-50-53-56-59-62-65-71(74)77-68-69(78-72(75)66-63-60-57-54-51-48-45-42-38-33-30-27-24-21-18-15-12-9-6-3)67-76-70(73)64-61-58-55-52-49-46-43-40-37-32-29-26-23-20-17-14-11-8-5-2/h27,30,69H,4-26,28-29,31-68H2,1-3H3/b30-27-. The molecule has 0 saturated carbocycles. The van der Waals surface area contributed by atoms with E-state index in [0.29, 0.717) is 19.3 Å². The minimum Gasteiger partial charge on any atom is -0.462 e. The molecule has 0 N–H and O–H groups in total. The predicted octanol–water partition coefficient (Wildman–Crippen LogP) is 24.4. The van der Waals surface area contributed by atoms with Crippen molar-refractivity contribution in [2.45, 2.75) is 419 Å². The van der Waals surface area contributed by atoms with Gasteiger partial charge < -0.3 is 14.2 Å². The molecule has 0 aliphatic heterocycles. The van der Waals surface area contributed by atoms with Crippen LogP contribution in [0.2, 0.25) is 0 Å². The zero-order valence-electron chi connectivity index (χ0n) is 53.2. The second-order valence-corrected chi connectivity index (χ2v) is 24.5. The highest BCUT2D eigenvalue weighted by Gasteiger charge is 2.19. The Morgan fingerprint density at radius 1 is 0.244 bits per heavy atom. The van der Waals surface area contributed by atoms with Crippen LogP contribution in [0.15, 0.2) is 12.2 Å². The van der Waals surface area contributed by atoms with Crippen LogP contribution in [0.25, 0.3) is 0 Å². The summed E-state index contributed by atoms with van der Waals surface area (Å²) >= 11 is 0. The number of allylic oxidation sites excluding steroid dienone is 2. The SMILES string of the molecule is CCCCCCCC/C=C\CCCCCCCCCCCC(=O)OC(COC(=O)CCCCCCCCCCCCCCCCCCCCC)COC(=O)CCCCCCCCCCCCCCCCCCCCCCCC. The molecule has 462 valence electrons. The largest absolute Gasteiger partial charge is 0.462 e. The van der Waals surface area contributed by atoms with Crippen LogP contribution in [0.1, 0.15) is 412 Å². The predicted molar refractivity (Wildman–Crippen MR) is 340 cm³/mol. The molecule has 0 rings (SSSR count). The second-order valence-electron chi connectivity index (χ2n) is 24.5. The molecule has 6 heteroatoms. The van der Waals surface area contributed by atoms with Gasteiger partial charge in [-0.2, -0.15) is 0 Å². The van der Waals surface area contributed by atoms with Crippen LogP contribution in [0, 0.1) is 0 Å². The third-order valence-electron chi connectivity index (χ3n) is 16.5. The smallest absolute Gasteiger partial charge is 0.306 e. The fourth-order valence-electron chi connectivity index (χ4n) is 11.2. The molecule has 0 aromatic heterocycles. The van der Waals surface area contributed by atoms with Crippen molar-refractivity contribution in [1.29, 1.82) is 0 Å². The Morgan fingerprint density at radius 3 is 0.641 bits per heavy atom. The van der Waals surface area contributed by atoms with E-state index >= 15 is 0 Å². The minimum atomic E-state index is -0.768. The third-order valence-corrected chi connectivity index (χ3v) is 16.5. The van der Waals surface area contributed by atoms with E-state index in [2.05, 4.69) is 32.9 Å². The van der Waals surface area contributed by atoms with E-state index < -0.39 is 6.10 Å². The van der Waals surface area contributed by atoms with Gasteiger partial charge in [-0.25, -0.2) is 0 Å². The van der Waals surface area contributed by atoms with E-state index in [1.165, 1.54) is 315 Å². The molecule has 1 unspecified atom stereocenters. The lowest BCUT2D eigenvalue weighted by Crippen LogP contribution is -2.30. The van der Waals surface area contributed by atoms with Crippen molar-refractivity contribution in [3.8, 4) is 0 Å². The maximum atomic E-state index is 13.0. The molecule has 0 aromatic rings. The number of hydrogen-bond acceptors (Lipinski definition) is 6. The molecular weight excluding hydrogens is 961 g/mol. The van der Waals surface area contributed by atoms with Crippen LogP contribution < -0.4 is 0 Å². The number of carbonyl (C=O) groups excluding carboxylic acids is 3. The van der Waals surface area contributed by atoms with Crippen molar-refractivity contribution >= 4 is 17.9 Å². The van der Waals surface area contributed by atoms with Gasteiger partial charge in [0.2, 0.25) is 0 Å². The quantitative estimate of drug-likeness (QED) is 0.0261. The van der Waals surface area contributed by atoms with Crippen molar-refractivity contribution in [2.75, 3.05) is 13.2 Å². The van der Waals surface area contributed by atoms with Crippen molar-refractivity contribution in [2.24, 2.45) is 0 Å². The van der Waals surface area contributed by atoms with Gasteiger partial charge >= 0.3 is 17.9 Å². The van der Waals surface area contributed by atoms with Gasteiger partial charge in [-0.05, 0) is 44.9 Å². The van der Waals surface area contributed by atoms with E-state index in [4.69, 9.17) is 14.2 Å². The molecular formula is C72H138O6. The molecule has 0 aliphatic carbocycles. The maximum absolute atomic E-state index is 13.0. The minimum absolute atomic E-state index is 0.0636. The lowest BCUT2D eigenvalue weighted by molar-refractivity contribution is -0.167. The van der Waals surface area contributed by atoms with E-state index in [9.17, 15) is 14.4 Å². The van der Waals surface area contributed by atoms with E-state index in [1.54, 1.807) is 0 Å². The Kier molecular flexibility index (Phi) is 66.0. The number of hydrogen-bond donors (Lipinski definition) is 0. The van der Waals surface area contributed by atoms with Gasteiger partial charge in [0.1, 0.15) is 13.2 Å². The molecule has 0 radical (unpaired) electrons. The first-order chi connectivity index (χ1) is 38.5. The van der Waals surface area contributed by atoms with Gasteiger partial charge in [-0.1, -0.05) is 360 Å². The van der Waals surface area contributed by atoms with Crippen molar-refractivity contribution in [1.82, 2.24) is 0 Å². The summed E-state index contributed by atoms with van der Waals surface area (Å²) in [4.78, 5) is 38.5. The molecule has 0 saturated heterocycles. The molecule has 0 aliphatic rings. The van der Waals surface area contributed by atoms with Crippen molar-refractivity contribution < 1.29 is 28.6 Å². The fraction of sp³-hybridized carbons (Fsp3) is 0.931. The van der Waals surface area contributed by atoms with Gasteiger partial charge in [-0.15, -0.1) is 0 Å². The Balaban J connectivity index is 4.28. The summed E-state index contributed by atoms with van der Waals surface area (Å²) in [5.41, 5.74) is 0. The molecule has 0 fully saturated rings. The van der Waals surface area contributed by atoms with Crippen LogP contribution in [0.3, 0.4) is 0 Å². The lowest BCUT2D eigenvalue weighted by atomic mass is 10.0. The normalized spacial score (nSPS) is 12.0. The van der Waals surface area contributed by atoms with Crippen LogP contribution in [-0.2, 0) is 28.6 Å². The van der Waals surface area contributed by atoms with Crippen LogP contribution in [0.4, 0.5) is 0 Å². The van der Waals surface area contributed by atoms with Gasteiger partial charge in [0, 0.05) is 19.3 Å². The summed E-state index contributed by atoms with van der Waals surface area (Å²) in [7, 11) is 0. The number of carbonyl (C=O) groups is 3. The third kappa shape index (κ3) is 65.0. The summed E-state index contributed by atoms with van der Waals surface area (Å²) in [6.45, 7) is 6.74. The Bertz CT molecular complexity index is 1210. The molecule has 0 spiro atoms. The first-order valence-corrected chi connectivity index (χ1v) is 35.7. The van der Waals surface area contributed by atoms with Gasteiger partial charge in [0.15, 0.2) is 6.10 Å². The summed E-state index contributed by atoms with van der Waals surface area (Å²) in [5, 5.41) is 0. The molecule has 0 amide bonds. The van der Waals surface area contributed by atoms with E-state index in [1.807, 2.05) is 0 Å². The van der Waals surface area contributed by atoms with Crippen LogP contribution in [-0.4, -0.2) is 37.2 Å². The Morgan fingerprint density at radius 2 is 0.423 bits per heavy atom. The number of rotatable bonds is 67.